The van der Waals surface area contributed by atoms with Crippen LogP contribution in [0.4, 0.5) is 0 Å². The molecule has 0 aromatic heterocycles. The lowest BCUT2D eigenvalue weighted by molar-refractivity contribution is 0.105. The predicted molar refractivity (Wildman–Crippen MR) is 121 cm³/mol. The maximum atomic E-state index is 13.6. The van der Waals surface area contributed by atoms with E-state index in [1.54, 1.807) is 48.5 Å². The molecule has 0 aliphatic carbocycles. The van der Waals surface area contributed by atoms with Gasteiger partial charge in [0.25, 0.3) is 0 Å². The Balaban J connectivity index is 2.20. The van der Waals surface area contributed by atoms with Crippen molar-refractivity contribution >= 4 is 17.4 Å². The van der Waals surface area contributed by atoms with Crippen molar-refractivity contribution in [2.75, 3.05) is 28.4 Å². The molecule has 3 rings (SSSR count). The van der Waals surface area contributed by atoms with Gasteiger partial charge in [0.15, 0.2) is 28.8 Å². The van der Waals surface area contributed by atoms with Crippen LogP contribution in [0, 0.1) is 0 Å². The van der Waals surface area contributed by atoms with Crippen molar-refractivity contribution in [2.45, 2.75) is 0 Å². The molecule has 3 aromatic rings. The number of phenols is 2. The smallest absolute Gasteiger partial charge is 0.203 e. The average molecular weight is 436 g/mol. The van der Waals surface area contributed by atoms with E-state index in [9.17, 15) is 15.0 Å². The van der Waals surface area contributed by atoms with Crippen LogP contribution in [0.5, 0.6) is 34.5 Å². The third-order valence-electron chi connectivity index (χ3n) is 4.88. The number of ketones is 1. The van der Waals surface area contributed by atoms with Gasteiger partial charge in [0.05, 0.1) is 28.4 Å². The Morgan fingerprint density at radius 2 is 1.38 bits per heavy atom. The summed E-state index contributed by atoms with van der Waals surface area (Å²) in [6.07, 6.45) is 1.58. The summed E-state index contributed by atoms with van der Waals surface area (Å²) in [7, 11) is 5.86. The molecule has 0 atom stereocenters. The van der Waals surface area contributed by atoms with Crippen LogP contribution in [0.15, 0.2) is 54.6 Å². The highest BCUT2D eigenvalue weighted by Gasteiger charge is 2.22. The van der Waals surface area contributed by atoms with Gasteiger partial charge in [-0.1, -0.05) is 24.3 Å². The molecular weight excluding hydrogens is 412 g/mol. The first-order valence-corrected chi connectivity index (χ1v) is 9.65. The van der Waals surface area contributed by atoms with E-state index in [4.69, 9.17) is 18.9 Å². The van der Waals surface area contributed by atoms with Crippen LogP contribution in [0.1, 0.15) is 21.5 Å². The molecular formula is C25H24O7. The molecule has 3 aromatic carbocycles. The second-order valence-electron chi connectivity index (χ2n) is 6.75. The standard InChI is InChI=1S/C25H24O7/c1-29-21-10-9-15(12-20(21)27)11-18(17-7-5-6-8-19(17)26)24(28)16-13-22(30-2)25(32-4)23(14-16)31-3/h5-14,26-27H,1-4H3/b18-11+. The van der Waals surface area contributed by atoms with Crippen LogP contribution in [0.25, 0.3) is 11.6 Å². The van der Waals surface area contributed by atoms with Crippen LogP contribution in [0.3, 0.4) is 0 Å². The predicted octanol–water partition coefficient (Wildman–Crippen LogP) is 4.56. The summed E-state index contributed by atoms with van der Waals surface area (Å²) in [6.45, 7) is 0. The summed E-state index contributed by atoms with van der Waals surface area (Å²) in [5, 5.41) is 20.6. The van der Waals surface area contributed by atoms with Gasteiger partial charge in [0.2, 0.25) is 5.75 Å². The van der Waals surface area contributed by atoms with E-state index in [-0.39, 0.29) is 28.4 Å². The van der Waals surface area contributed by atoms with Crippen molar-refractivity contribution in [1.29, 1.82) is 0 Å². The number of carbonyl (C=O) groups is 1. The lowest BCUT2D eigenvalue weighted by Gasteiger charge is -2.15. The second-order valence-corrected chi connectivity index (χ2v) is 6.75. The number of hydrogen-bond donors (Lipinski definition) is 2. The zero-order valence-corrected chi connectivity index (χ0v) is 18.2. The zero-order chi connectivity index (χ0) is 23.3. The van der Waals surface area contributed by atoms with Gasteiger partial charge in [-0.3, -0.25) is 4.79 Å². The number of para-hydroxylation sites is 1. The van der Waals surface area contributed by atoms with Crippen molar-refractivity contribution in [3.05, 3.63) is 71.3 Å². The number of phenolic OH excluding ortho intramolecular Hbond substituents is 2. The van der Waals surface area contributed by atoms with Crippen molar-refractivity contribution < 1.29 is 34.0 Å². The average Bonchev–Trinajstić information content (AvgIpc) is 2.81. The van der Waals surface area contributed by atoms with E-state index < -0.39 is 0 Å². The third-order valence-corrected chi connectivity index (χ3v) is 4.88. The van der Waals surface area contributed by atoms with E-state index in [1.165, 1.54) is 40.6 Å². The molecule has 0 aliphatic rings. The van der Waals surface area contributed by atoms with Crippen molar-refractivity contribution in [1.82, 2.24) is 0 Å². The van der Waals surface area contributed by atoms with Gasteiger partial charge in [-0.15, -0.1) is 0 Å². The highest BCUT2D eigenvalue weighted by atomic mass is 16.5. The van der Waals surface area contributed by atoms with Crippen LogP contribution in [0.2, 0.25) is 0 Å². The minimum absolute atomic E-state index is 0.0581. The Labute approximate surface area is 186 Å². The Kier molecular flexibility index (Phi) is 6.90. The van der Waals surface area contributed by atoms with E-state index in [0.29, 0.717) is 34.1 Å². The first-order chi connectivity index (χ1) is 15.4. The number of ether oxygens (including phenoxy) is 4. The summed E-state index contributed by atoms with van der Waals surface area (Å²) in [5.41, 5.74) is 1.36. The maximum absolute atomic E-state index is 13.6. The lowest BCUT2D eigenvalue weighted by Crippen LogP contribution is -2.05. The van der Waals surface area contributed by atoms with Crippen LogP contribution < -0.4 is 18.9 Å². The molecule has 32 heavy (non-hydrogen) atoms. The normalized spacial score (nSPS) is 11.1. The fourth-order valence-corrected chi connectivity index (χ4v) is 3.30. The molecule has 2 N–H and O–H groups in total. The van der Waals surface area contributed by atoms with E-state index in [2.05, 4.69) is 0 Å². The summed E-state index contributed by atoms with van der Waals surface area (Å²) in [5.74, 6) is 0.807. The fraction of sp³-hybridized carbons (Fsp3) is 0.160. The monoisotopic (exact) mass is 436 g/mol. The number of aromatic hydroxyl groups is 2. The Morgan fingerprint density at radius 1 is 0.750 bits per heavy atom. The quantitative estimate of drug-likeness (QED) is 0.304. The first-order valence-electron chi connectivity index (χ1n) is 9.65. The van der Waals surface area contributed by atoms with Crippen molar-refractivity contribution in [3.63, 3.8) is 0 Å². The Bertz CT molecular complexity index is 1140. The first kappa shape index (κ1) is 22.6. The van der Waals surface area contributed by atoms with E-state index >= 15 is 0 Å². The summed E-state index contributed by atoms with van der Waals surface area (Å²) < 4.78 is 21.1. The van der Waals surface area contributed by atoms with Gasteiger partial charge >= 0.3 is 0 Å². The lowest BCUT2D eigenvalue weighted by atomic mass is 9.93. The summed E-state index contributed by atoms with van der Waals surface area (Å²) in [4.78, 5) is 13.6. The Hall–Kier alpha value is -4.13. The largest absolute Gasteiger partial charge is 0.507 e. The van der Waals surface area contributed by atoms with Crippen LogP contribution >= 0.6 is 0 Å². The van der Waals surface area contributed by atoms with Gasteiger partial charge in [-0.05, 0) is 42.0 Å². The molecule has 0 aliphatic heterocycles. The van der Waals surface area contributed by atoms with Crippen LogP contribution in [-0.2, 0) is 0 Å². The molecule has 0 radical (unpaired) electrons. The number of Topliss-reactive ketones (excluding diaryl/α,β-unsaturated/α-hetero) is 1. The second kappa shape index (κ2) is 9.78. The SMILES string of the molecule is COc1ccc(/C=C(/C(=O)c2cc(OC)c(OC)c(OC)c2)c2ccccc2O)cc1O. The number of carbonyl (C=O) groups excluding carboxylic acids is 1. The third kappa shape index (κ3) is 4.46. The van der Waals surface area contributed by atoms with Gasteiger partial charge < -0.3 is 29.2 Å². The molecule has 0 unspecified atom stereocenters. The number of rotatable bonds is 8. The van der Waals surface area contributed by atoms with E-state index in [0.717, 1.165) is 0 Å². The van der Waals surface area contributed by atoms with Crippen molar-refractivity contribution in [3.8, 4) is 34.5 Å². The van der Waals surface area contributed by atoms with Crippen LogP contribution in [-0.4, -0.2) is 44.4 Å². The highest BCUT2D eigenvalue weighted by molar-refractivity contribution is 6.33. The molecule has 7 nitrogen and oxygen atoms in total. The minimum Gasteiger partial charge on any atom is -0.507 e. The van der Waals surface area contributed by atoms with Crippen molar-refractivity contribution in [2.24, 2.45) is 0 Å². The Morgan fingerprint density at radius 3 is 1.91 bits per heavy atom. The number of methoxy groups -OCH3 is 4. The molecule has 0 fully saturated rings. The number of hydrogen-bond acceptors (Lipinski definition) is 7. The number of allylic oxidation sites excluding steroid dienone is 1. The molecule has 0 heterocycles. The fourth-order valence-electron chi connectivity index (χ4n) is 3.30. The minimum atomic E-state index is -0.388. The van der Waals surface area contributed by atoms with E-state index in [1.807, 2.05) is 0 Å². The van der Waals surface area contributed by atoms with Gasteiger partial charge in [-0.2, -0.15) is 0 Å². The molecule has 0 saturated carbocycles. The van der Waals surface area contributed by atoms with Gasteiger partial charge in [0, 0.05) is 16.7 Å². The molecule has 0 bridgehead atoms. The van der Waals surface area contributed by atoms with Gasteiger partial charge in [-0.25, -0.2) is 0 Å². The molecule has 7 heteroatoms. The number of benzene rings is 3. The summed E-state index contributed by atoms with van der Waals surface area (Å²) >= 11 is 0. The molecule has 0 saturated heterocycles. The highest BCUT2D eigenvalue weighted by Crippen LogP contribution is 2.40. The summed E-state index contributed by atoms with van der Waals surface area (Å²) in [6, 6.07) is 14.4. The topological polar surface area (TPSA) is 94.5 Å². The maximum Gasteiger partial charge on any atom is 0.203 e. The zero-order valence-electron chi connectivity index (χ0n) is 18.2. The molecule has 0 amide bonds. The molecule has 166 valence electrons. The van der Waals surface area contributed by atoms with Gasteiger partial charge in [0.1, 0.15) is 5.75 Å². The molecule has 0 spiro atoms.